The number of aromatic nitrogens is 1. The van der Waals surface area contributed by atoms with Crippen molar-refractivity contribution in [2.75, 3.05) is 7.11 Å². The molecule has 0 radical (unpaired) electrons. The number of nitrogens with zero attached hydrogens (tertiary/aromatic N) is 1. The van der Waals surface area contributed by atoms with Gasteiger partial charge in [-0.2, -0.15) is 0 Å². The highest BCUT2D eigenvalue weighted by molar-refractivity contribution is 14.1. The first-order valence-electron chi connectivity index (χ1n) is 9.83. The summed E-state index contributed by atoms with van der Waals surface area (Å²) in [7, 11) is 1.69. The van der Waals surface area contributed by atoms with Gasteiger partial charge in [0, 0.05) is 33.1 Å². The lowest BCUT2D eigenvalue weighted by molar-refractivity contribution is 0.271. The summed E-state index contributed by atoms with van der Waals surface area (Å²) in [6.45, 7) is 0.853. The van der Waals surface area contributed by atoms with Crippen LogP contribution in [0, 0.1) is 0 Å². The molecule has 1 aromatic heterocycles. The van der Waals surface area contributed by atoms with Crippen LogP contribution < -0.4 is 15.8 Å². The Morgan fingerprint density at radius 3 is 2.76 bits per heavy atom. The molecule has 29 heavy (non-hydrogen) atoms. The fourth-order valence-electron chi connectivity index (χ4n) is 4.17. The Labute approximate surface area is 190 Å². The molecule has 6 heteroatoms. The average Bonchev–Trinajstić information content (AvgIpc) is 2.74. The van der Waals surface area contributed by atoms with E-state index in [1.165, 1.54) is 11.1 Å². The molecule has 1 saturated carbocycles. The minimum atomic E-state index is -0.367. The van der Waals surface area contributed by atoms with Gasteiger partial charge in [0.15, 0.2) is 0 Å². The molecular formula is C23H25ClIN3O. The predicted octanol–water partition coefficient (Wildman–Crippen LogP) is 5.20. The molecule has 3 aromatic rings. The molecule has 3 unspecified atom stereocenters. The van der Waals surface area contributed by atoms with Crippen molar-refractivity contribution >= 4 is 45.1 Å². The largest absolute Gasteiger partial charge is 0.497 e. The van der Waals surface area contributed by atoms with Crippen molar-refractivity contribution in [3.63, 3.8) is 0 Å². The summed E-state index contributed by atoms with van der Waals surface area (Å²) in [5, 5.41) is 5.51. The van der Waals surface area contributed by atoms with Crippen molar-refractivity contribution in [2.45, 2.75) is 41.3 Å². The molecule has 1 fully saturated rings. The molecule has 152 valence electrons. The molecule has 0 saturated heterocycles. The smallest absolute Gasteiger partial charge is 0.118 e. The normalized spacial score (nSPS) is 24.6. The number of nitrogens with two attached hydrogens (primary N) is 1. The number of nitrogens with one attached hydrogen (secondary N) is 1. The van der Waals surface area contributed by atoms with Crippen LogP contribution >= 0.6 is 34.2 Å². The third-order valence-electron chi connectivity index (χ3n) is 5.92. The number of benzene rings is 2. The van der Waals surface area contributed by atoms with Gasteiger partial charge in [-0.05, 0) is 60.7 Å². The quantitative estimate of drug-likeness (QED) is 0.358. The summed E-state index contributed by atoms with van der Waals surface area (Å²) >= 11 is 8.68. The number of fused-ring (bicyclic) bond motifs is 1. The van der Waals surface area contributed by atoms with Gasteiger partial charge in [0.25, 0.3) is 0 Å². The van der Waals surface area contributed by atoms with Gasteiger partial charge in [-0.3, -0.25) is 4.98 Å². The second kappa shape index (κ2) is 8.76. The van der Waals surface area contributed by atoms with Gasteiger partial charge >= 0.3 is 0 Å². The van der Waals surface area contributed by atoms with Gasteiger partial charge in [0.1, 0.15) is 5.75 Å². The molecule has 1 aliphatic carbocycles. The van der Waals surface area contributed by atoms with Crippen molar-refractivity contribution < 1.29 is 4.74 Å². The Morgan fingerprint density at radius 1 is 1.24 bits per heavy atom. The monoisotopic (exact) mass is 521 g/mol. The molecule has 0 bridgehead atoms. The molecule has 1 aliphatic rings. The van der Waals surface area contributed by atoms with Crippen molar-refractivity contribution in [1.29, 1.82) is 0 Å². The average molecular weight is 522 g/mol. The van der Waals surface area contributed by atoms with Gasteiger partial charge < -0.3 is 15.8 Å². The van der Waals surface area contributed by atoms with Crippen molar-refractivity contribution in [3.8, 4) is 5.75 Å². The summed E-state index contributed by atoms with van der Waals surface area (Å²) < 4.78 is 5.56. The van der Waals surface area contributed by atoms with Gasteiger partial charge in [-0.15, -0.1) is 0 Å². The number of hydrogen-bond donors (Lipinski definition) is 2. The van der Waals surface area contributed by atoms with E-state index >= 15 is 0 Å². The molecule has 0 amide bonds. The van der Waals surface area contributed by atoms with Gasteiger partial charge in [0.05, 0.1) is 18.2 Å². The van der Waals surface area contributed by atoms with E-state index < -0.39 is 0 Å². The molecule has 1 heterocycles. The van der Waals surface area contributed by atoms with E-state index in [-0.39, 0.29) is 5.54 Å². The Bertz CT molecular complexity index is 997. The summed E-state index contributed by atoms with van der Waals surface area (Å²) in [5.74, 6) is 0.887. The third-order valence-corrected chi connectivity index (χ3v) is 7.77. The topological polar surface area (TPSA) is 60.2 Å². The first-order valence-corrected chi connectivity index (χ1v) is 11.5. The highest BCUT2D eigenvalue weighted by atomic mass is 127. The Balaban J connectivity index is 1.47. The van der Waals surface area contributed by atoms with Crippen LogP contribution in [-0.4, -0.2) is 22.1 Å². The summed E-state index contributed by atoms with van der Waals surface area (Å²) in [5.41, 5.74) is 9.99. The van der Waals surface area contributed by atoms with Gasteiger partial charge in [-0.25, -0.2) is 0 Å². The van der Waals surface area contributed by atoms with Crippen LogP contribution in [0.5, 0.6) is 5.75 Å². The zero-order chi connectivity index (χ0) is 20.4. The molecule has 3 atom stereocenters. The summed E-state index contributed by atoms with van der Waals surface area (Å²) in [6.07, 6.45) is 4.86. The zero-order valence-electron chi connectivity index (χ0n) is 16.4. The predicted molar refractivity (Wildman–Crippen MR) is 128 cm³/mol. The summed E-state index contributed by atoms with van der Waals surface area (Å²) in [6, 6.07) is 16.6. The highest BCUT2D eigenvalue weighted by Gasteiger charge is 2.41. The second-order valence-electron chi connectivity index (χ2n) is 7.73. The van der Waals surface area contributed by atoms with Crippen LogP contribution in [-0.2, 0) is 12.1 Å². The Morgan fingerprint density at radius 2 is 2.03 bits per heavy atom. The first kappa shape index (κ1) is 20.8. The lowest BCUT2D eigenvalue weighted by Gasteiger charge is -2.42. The molecule has 4 nitrogen and oxygen atoms in total. The lowest BCUT2D eigenvalue weighted by atomic mass is 9.74. The minimum absolute atomic E-state index is 0.323. The first-order chi connectivity index (χ1) is 14.0. The third kappa shape index (κ3) is 4.38. The number of pyridine rings is 1. The highest BCUT2D eigenvalue weighted by Crippen LogP contribution is 2.42. The molecule has 0 spiro atoms. The van der Waals surface area contributed by atoms with Crippen LogP contribution in [0.15, 0.2) is 54.7 Å². The molecular weight excluding hydrogens is 497 g/mol. The zero-order valence-corrected chi connectivity index (χ0v) is 19.3. The van der Waals surface area contributed by atoms with E-state index in [2.05, 4.69) is 51.1 Å². The van der Waals surface area contributed by atoms with E-state index in [1.54, 1.807) is 7.11 Å². The second-order valence-corrected chi connectivity index (χ2v) is 9.67. The van der Waals surface area contributed by atoms with Crippen LogP contribution in [0.25, 0.3) is 10.9 Å². The van der Waals surface area contributed by atoms with E-state index in [1.807, 2.05) is 36.5 Å². The maximum atomic E-state index is 7.02. The lowest BCUT2D eigenvalue weighted by Crippen LogP contribution is -2.52. The van der Waals surface area contributed by atoms with E-state index in [4.69, 9.17) is 22.1 Å². The van der Waals surface area contributed by atoms with E-state index in [0.717, 1.165) is 42.5 Å². The van der Waals surface area contributed by atoms with E-state index in [0.29, 0.717) is 15.0 Å². The van der Waals surface area contributed by atoms with Crippen LogP contribution in [0.3, 0.4) is 0 Å². The molecule has 0 aliphatic heterocycles. The van der Waals surface area contributed by atoms with E-state index in [9.17, 15) is 0 Å². The number of alkyl halides is 1. The van der Waals surface area contributed by atoms with Crippen molar-refractivity contribution in [2.24, 2.45) is 5.73 Å². The van der Waals surface area contributed by atoms with Crippen LogP contribution in [0.4, 0.5) is 0 Å². The number of rotatable bonds is 5. The number of halogens is 2. The van der Waals surface area contributed by atoms with Crippen molar-refractivity contribution in [3.05, 3.63) is 70.9 Å². The maximum Gasteiger partial charge on any atom is 0.118 e. The van der Waals surface area contributed by atoms with Gasteiger partial charge in [-0.1, -0.05) is 52.4 Å². The van der Waals surface area contributed by atoms with Crippen molar-refractivity contribution in [1.82, 2.24) is 10.3 Å². The van der Waals surface area contributed by atoms with Crippen LogP contribution in [0.2, 0.25) is 5.02 Å². The number of ether oxygens (including phenoxy) is 1. The minimum Gasteiger partial charge on any atom is -0.497 e. The number of methoxy groups -OCH3 is 1. The van der Waals surface area contributed by atoms with Gasteiger partial charge in [0.2, 0.25) is 0 Å². The summed E-state index contributed by atoms with van der Waals surface area (Å²) in [4.78, 5) is 4.48. The molecule has 2 aromatic carbocycles. The standard InChI is InChI=1S/C23H25ClIN3O/c1-29-18-5-2-15(3-6-18)14-28-17-8-10-23(26,22(25)13-17)20-9-11-27-21-12-16(24)4-7-19(20)21/h2-7,9,11-12,17,22,28H,8,10,13-14,26H2,1H3. The SMILES string of the molecule is COc1ccc(CNC2CCC(N)(c3ccnc4cc(Cl)ccc34)C(I)C2)cc1. The number of hydrogen-bond acceptors (Lipinski definition) is 4. The fraction of sp³-hybridized carbons (Fsp3) is 0.348. The Hall–Kier alpha value is -1.41. The van der Waals surface area contributed by atoms with Crippen LogP contribution in [0.1, 0.15) is 30.4 Å². The molecule has 3 N–H and O–H groups in total. The fourth-order valence-corrected chi connectivity index (χ4v) is 5.60. The molecule has 4 rings (SSSR count). The Kier molecular flexibility index (Phi) is 6.30. The maximum absolute atomic E-state index is 7.02.